The number of aromatic nitrogens is 3. The van der Waals surface area contributed by atoms with E-state index < -0.39 is 0 Å². The second-order valence-electron chi connectivity index (χ2n) is 6.32. The molecule has 0 aliphatic rings. The van der Waals surface area contributed by atoms with Gasteiger partial charge in [-0.15, -0.1) is 0 Å². The van der Waals surface area contributed by atoms with Crippen molar-refractivity contribution in [3.63, 3.8) is 0 Å². The molecule has 4 aromatic rings. The minimum atomic E-state index is -0.176. The van der Waals surface area contributed by atoms with Crippen LogP contribution in [-0.2, 0) is 13.7 Å². The minimum absolute atomic E-state index is 0.176. The Morgan fingerprint density at radius 2 is 1.82 bits per heavy atom. The molecule has 0 atom stereocenters. The number of nitrogens with one attached hydrogen (secondary N) is 1. The van der Waals surface area contributed by atoms with Gasteiger partial charge in [-0.2, -0.15) is 0 Å². The summed E-state index contributed by atoms with van der Waals surface area (Å²) in [5, 5.41) is 3.31. The lowest BCUT2D eigenvalue weighted by Crippen LogP contribution is -2.23. The van der Waals surface area contributed by atoms with Crippen molar-refractivity contribution in [3.8, 4) is 11.5 Å². The van der Waals surface area contributed by atoms with E-state index in [4.69, 9.17) is 9.47 Å². The predicted octanol–water partition coefficient (Wildman–Crippen LogP) is 3.36. The Morgan fingerprint density at radius 1 is 1.04 bits per heavy atom. The van der Waals surface area contributed by atoms with Gasteiger partial charge in [-0.1, -0.05) is 24.3 Å². The Bertz CT molecular complexity index is 1170. The molecule has 7 heteroatoms. The quantitative estimate of drug-likeness (QED) is 0.559. The van der Waals surface area contributed by atoms with E-state index in [9.17, 15) is 4.79 Å². The summed E-state index contributed by atoms with van der Waals surface area (Å²) in [5.74, 6) is 1.49. The van der Waals surface area contributed by atoms with Crippen molar-refractivity contribution in [2.24, 2.45) is 7.05 Å². The van der Waals surface area contributed by atoms with Crippen molar-refractivity contribution in [1.82, 2.24) is 14.0 Å². The monoisotopic (exact) mass is 376 g/mol. The number of hydrogen-bond donors (Lipinski definition) is 1. The van der Waals surface area contributed by atoms with Crippen molar-refractivity contribution in [3.05, 3.63) is 83.2 Å². The van der Waals surface area contributed by atoms with Crippen molar-refractivity contribution >= 4 is 17.0 Å². The Morgan fingerprint density at radius 3 is 2.61 bits per heavy atom. The maximum Gasteiger partial charge on any atom is 0.333 e. The van der Waals surface area contributed by atoms with Gasteiger partial charge in [0.2, 0.25) is 0 Å². The van der Waals surface area contributed by atoms with Gasteiger partial charge in [-0.3, -0.25) is 0 Å². The van der Waals surface area contributed by atoms with Crippen LogP contribution < -0.4 is 20.5 Å². The molecule has 4 rings (SSSR count). The molecule has 0 aliphatic carbocycles. The molecule has 0 bridgehead atoms. The standard InChI is InChI=1S/C21H20N4O3/c1-24-13-19(22-15-7-6-10-18(11-15)27-2)20-23-16(12-25(20)21(24)26)14-28-17-8-4-3-5-9-17/h3-13,22H,14H2,1-2H3. The second-order valence-corrected chi connectivity index (χ2v) is 6.32. The van der Waals surface area contributed by atoms with Crippen LogP contribution in [0.2, 0.25) is 0 Å². The van der Waals surface area contributed by atoms with E-state index in [1.807, 2.05) is 54.6 Å². The van der Waals surface area contributed by atoms with E-state index >= 15 is 0 Å². The summed E-state index contributed by atoms with van der Waals surface area (Å²) >= 11 is 0. The zero-order valence-electron chi connectivity index (χ0n) is 15.6. The summed E-state index contributed by atoms with van der Waals surface area (Å²) in [6.07, 6.45) is 3.43. The van der Waals surface area contributed by atoms with E-state index in [1.165, 1.54) is 8.97 Å². The molecule has 2 aromatic heterocycles. The maximum atomic E-state index is 12.5. The molecule has 0 fully saturated rings. The smallest absolute Gasteiger partial charge is 0.333 e. The van der Waals surface area contributed by atoms with Crippen LogP contribution in [0.5, 0.6) is 11.5 Å². The van der Waals surface area contributed by atoms with Gasteiger partial charge in [-0.05, 0) is 24.3 Å². The van der Waals surface area contributed by atoms with Crippen LogP contribution in [0, 0.1) is 0 Å². The molecular weight excluding hydrogens is 356 g/mol. The number of anilines is 2. The van der Waals surface area contributed by atoms with E-state index in [0.29, 0.717) is 17.0 Å². The number of ether oxygens (including phenoxy) is 2. The predicted molar refractivity (Wildman–Crippen MR) is 107 cm³/mol. The van der Waals surface area contributed by atoms with Gasteiger partial charge in [0.15, 0.2) is 5.65 Å². The number of hydrogen-bond acceptors (Lipinski definition) is 5. The average molecular weight is 376 g/mol. The first-order valence-corrected chi connectivity index (χ1v) is 8.80. The fourth-order valence-corrected chi connectivity index (χ4v) is 2.93. The first kappa shape index (κ1) is 17.7. The van der Waals surface area contributed by atoms with Crippen LogP contribution in [0.25, 0.3) is 5.65 Å². The molecule has 0 saturated heterocycles. The number of nitrogens with zero attached hydrogens (tertiary/aromatic N) is 3. The van der Waals surface area contributed by atoms with Crippen LogP contribution in [-0.4, -0.2) is 21.1 Å². The lowest BCUT2D eigenvalue weighted by molar-refractivity contribution is 0.302. The van der Waals surface area contributed by atoms with Crippen molar-refractivity contribution in [2.75, 3.05) is 12.4 Å². The van der Waals surface area contributed by atoms with Crippen LogP contribution in [0.15, 0.2) is 71.8 Å². The van der Waals surface area contributed by atoms with E-state index in [0.717, 1.165) is 17.2 Å². The SMILES string of the molecule is COc1cccc(Nc2cn(C)c(=O)n3cc(COc4ccccc4)nc23)c1. The third kappa shape index (κ3) is 3.55. The largest absolute Gasteiger partial charge is 0.497 e. The van der Waals surface area contributed by atoms with E-state index in [2.05, 4.69) is 10.3 Å². The van der Waals surface area contributed by atoms with Gasteiger partial charge >= 0.3 is 5.69 Å². The molecule has 0 saturated carbocycles. The van der Waals surface area contributed by atoms with Gasteiger partial charge in [0.1, 0.15) is 18.1 Å². The van der Waals surface area contributed by atoms with Crippen molar-refractivity contribution in [2.45, 2.75) is 6.61 Å². The molecule has 1 N–H and O–H groups in total. The molecule has 0 aliphatic heterocycles. The number of aryl methyl sites for hydroxylation is 1. The van der Waals surface area contributed by atoms with Gasteiger partial charge in [0.25, 0.3) is 0 Å². The summed E-state index contributed by atoms with van der Waals surface area (Å²) in [4.78, 5) is 17.1. The maximum absolute atomic E-state index is 12.5. The van der Waals surface area contributed by atoms with Crippen molar-refractivity contribution < 1.29 is 9.47 Å². The molecule has 2 aromatic carbocycles. The van der Waals surface area contributed by atoms with Crippen LogP contribution in [0.3, 0.4) is 0 Å². The first-order valence-electron chi connectivity index (χ1n) is 8.80. The summed E-state index contributed by atoms with van der Waals surface area (Å²) in [5.41, 5.74) is 2.58. The van der Waals surface area contributed by atoms with Crippen LogP contribution in [0.4, 0.5) is 11.4 Å². The summed E-state index contributed by atoms with van der Waals surface area (Å²) in [6.45, 7) is 0.271. The number of para-hydroxylation sites is 1. The number of fused-ring (bicyclic) bond motifs is 1. The van der Waals surface area contributed by atoms with Crippen LogP contribution in [0.1, 0.15) is 5.69 Å². The number of methoxy groups -OCH3 is 1. The normalized spacial score (nSPS) is 10.8. The fourth-order valence-electron chi connectivity index (χ4n) is 2.93. The Hall–Kier alpha value is -3.74. The minimum Gasteiger partial charge on any atom is -0.497 e. The van der Waals surface area contributed by atoms with Crippen LogP contribution >= 0.6 is 0 Å². The third-order valence-electron chi connectivity index (χ3n) is 4.31. The molecule has 0 amide bonds. The molecule has 0 radical (unpaired) electrons. The molecular formula is C21H20N4O3. The highest BCUT2D eigenvalue weighted by molar-refractivity contribution is 5.73. The summed E-state index contributed by atoms with van der Waals surface area (Å²) < 4.78 is 14.1. The van der Waals surface area contributed by atoms with Gasteiger partial charge in [0, 0.05) is 31.2 Å². The van der Waals surface area contributed by atoms with Crippen molar-refractivity contribution in [1.29, 1.82) is 0 Å². The molecule has 142 valence electrons. The highest BCUT2D eigenvalue weighted by Crippen LogP contribution is 2.23. The molecule has 28 heavy (non-hydrogen) atoms. The number of rotatable bonds is 6. The topological polar surface area (TPSA) is 69.8 Å². The van der Waals surface area contributed by atoms with E-state index in [-0.39, 0.29) is 12.3 Å². The highest BCUT2D eigenvalue weighted by Gasteiger charge is 2.12. The lowest BCUT2D eigenvalue weighted by atomic mass is 10.3. The third-order valence-corrected chi connectivity index (χ3v) is 4.31. The zero-order valence-corrected chi connectivity index (χ0v) is 15.6. The second kappa shape index (κ2) is 7.48. The molecule has 2 heterocycles. The summed E-state index contributed by atoms with van der Waals surface area (Å²) in [6, 6.07) is 17.1. The number of imidazole rings is 1. The Balaban J connectivity index is 1.67. The average Bonchev–Trinajstić information content (AvgIpc) is 3.16. The fraction of sp³-hybridized carbons (Fsp3) is 0.143. The first-order chi connectivity index (χ1) is 13.6. The Labute approximate surface area is 161 Å². The highest BCUT2D eigenvalue weighted by atomic mass is 16.5. The molecule has 7 nitrogen and oxygen atoms in total. The summed E-state index contributed by atoms with van der Waals surface area (Å²) in [7, 11) is 3.33. The van der Waals surface area contributed by atoms with Gasteiger partial charge < -0.3 is 19.4 Å². The number of benzene rings is 2. The molecule has 0 unspecified atom stereocenters. The Kier molecular flexibility index (Phi) is 4.72. The van der Waals surface area contributed by atoms with Gasteiger partial charge in [0.05, 0.1) is 18.5 Å². The molecule has 0 spiro atoms. The zero-order chi connectivity index (χ0) is 19.5. The van der Waals surface area contributed by atoms with Gasteiger partial charge in [-0.25, -0.2) is 14.2 Å². The lowest BCUT2D eigenvalue weighted by Gasteiger charge is -2.10. The van der Waals surface area contributed by atoms with E-state index in [1.54, 1.807) is 26.6 Å².